The van der Waals surface area contributed by atoms with Crippen molar-refractivity contribution < 1.29 is 0 Å². The van der Waals surface area contributed by atoms with Crippen LogP contribution in [0.25, 0.3) is 0 Å². The number of amidine groups is 1. The molecule has 3 rings (SSSR count). The van der Waals surface area contributed by atoms with Gasteiger partial charge in [-0.2, -0.15) is 0 Å². The minimum atomic E-state index is 0.570. The van der Waals surface area contributed by atoms with Gasteiger partial charge in [0.2, 0.25) is 0 Å². The van der Waals surface area contributed by atoms with Crippen molar-refractivity contribution in [3.8, 4) is 0 Å². The first-order valence-electron chi connectivity index (χ1n) is 9.63. The lowest BCUT2D eigenvalue weighted by molar-refractivity contribution is 0.350. The largest absolute Gasteiger partial charge is 0.356 e. The molecule has 2 aromatic rings. The molecule has 27 heavy (non-hydrogen) atoms. The van der Waals surface area contributed by atoms with Crippen molar-refractivity contribution >= 4 is 29.0 Å². The molecule has 0 atom stereocenters. The SMILES string of the molecule is N=C(CC1CCNCC1)N(CCc1ccccc1)Cc1ccc(Cl)c(Cl)c1. The zero-order chi connectivity index (χ0) is 19.1. The third-order valence-corrected chi connectivity index (χ3v) is 5.93. The van der Waals surface area contributed by atoms with Gasteiger partial charge in [0.05, 0.1) is 15.9 Å². The van der Waals surface area contributed by atoms with E-state index in [9.17, 15) is 0 Å². The Balaban J connectivity index is 1.68. The van der Waals surface area contributed by atoms with E-state index in [2.05, 4.69) is 34.5 Å². The number of piperidine rings is 1. The number of hydrogen-bond donors (Lipinski definition) is 2. The van der Waals surface area contributed by atoms with Gasteiger partial charge in [0.25, 0.3) is 0 Å². The van der Waals surface area contributed by atoms with E-state index in [-0.39, 0.29) is 0 Å². The second-order valence-corrected chi connectivity index (χ2v) is 8.06. The summed E-state index contributed by atoms with van der Waals surface area (Å²) in [6.07, 6.45) is 4.08. The molecule has 1 aliphatic rings. The predicted octanol–water partition coefficient (Wildman–Crippen LogP) is 5.41. The van der Waals surface area contributed by atoms with E-state index in [1.807, 2.05) is 24.3 Å². The molecule has 144 valence electrons. The van der Waals surface area contributed by atoms with Gasteiger partial charge in [-0.05, 0) is 61.5 Å². The highest BCUT2D eigenvalue weighted by Crippen LogP contribution is 2.24. The maximum Gasteiger partial charge on any atom is 0.0963 e. The van der Waals surface area contributed by atoms with E-state index < -0.39 is 0 Å². The fourth-order valence-corrected chi connectivity index (χ4v) is 3.89. The number of nitrogens with one attached hydrogen (secondary N) is 2. The highest BCUT2D eigenvalue weighted by atomic mass is 35.5. The fourth-order valence-electron chi connectivity index (χ4n) is 3.56. The topological polar surface area (TPSA) is 39.1 Å². The maximum atomic E-state index is 8.74. The van der Waals surface area contributed by atoms with Crippen molar-refractivity contribution in [3.05, 3.63) is 69.7 Å². The minimum Gasteiger partial charge on any atom is -0.356 e. The first-order chi connectivity index (χ1) is 13.1. The Hall–Kier alpha value is -1.55. The van der Waals surface area contributed by atoms with Gasteiger partial charge in [0.1, 0.15) is 0 Å². The summed E-state index contributed by atoms with van der Waals surface area (Å²) in [5.74, 6) is 1.33. The molecule has 0 amide bonds. The maximum absolute atomic E-state index is 8.74. The standard InChI is InChI=1S/C22H27Cl2N3/c23-20-7-6-19(14-21(20)24)16-27(13-10-17-4-2-1-3-5-17)22(25)15-18-8-11-26-12-9-18/h1-7,14,18,25-26H,8-13,15-16H2. The van der Waals surface area contributed by atoms with Crippen LogP contribution < -0.4 is 5.32 Å². The monoisotopic (exact) mass is 403 g/mol. The van der Waals surface area contributed by atoms with Gasteiger partial charge >= 0.3 is 0 Å². The molecule has 1 heterocycles. The summed E-state index contributed by atoms with van der Waals surface area (Å²) in [7, 11) is 0. The number of rotatable bonds is 7. The molecular weight excluding hydrogens is 377 g/mol. The summed E-state index contributed by atoms with van der Waals surface area (Å²) in [6, 6.07) is 16.2. The Bertz CT molecular complexity index is 742. The van der Waals surface area contributed by atoms with E-state index in [1.54, 1.807) is 0 Å². The summed E-state index contributed by atoms with van der Waals surface area (Å²) in [4.78, 5) is 2.19. The predicted molar refractivity (Wildman–Crippen MR) is 115 cm³/mol. The zero-order valence-electron chi connectivity index (χ0n) is 15.6. The Labute approximate surface area is 172 Å². The molecule has 0 unspecified atom stereocenters. The van der Waals surface area contributed by atoms with E-state index in [0.717, 1.165) is 56.7 Å². The van der Waals surface area contributed by atoms with Crippen LogP contribution in [-0.2, 0) is 13.0 Å². The van der Waals surface area contributed by atoms with Gasteiger partial charge in [0, 0.05) is 19.5 Å². The van der Waals surface area contributed by atoms with Crippen LogP contribution in [0, 0.1) is 11.3 Å². The summed E-state index contributed by atoms with van der Waals surface area (Å²) in [5, 5.41) is 13.3. The smallest absolute Gasteiger partial charge is 0.0963 e. The lowest BCUT2D eigenvalue weighted by Crippen LogP contribution is -2.35. The highest BCUT2D eigenvalue weighted by Gasteiger charge is 2.19. The van der Waals surface area contributed by atoms with Crippen molar-refractivity contribution in [3.63, 3.8) is 0 Å². The highest BCUT2D eigenvalue weighted by molar-refractivity contribution is 6.42. The van der Waals surface area contributed by atoms with E-state index >= 15 is 0 Å². The van der Waals surface area contributed by atoms with Crippen LogP contribution in [0.2, 0.25) is 10.0 Å². The first-order valence-corrected chi connectivity index (χ1v) is 10.4. The first kappa shape index (κ1) is 20.2. The molecule has 5 heteroatoms. The van der Waals surface area contributed by atoms with Gasteiger partial charge < -0.3 is 10.2 Å². The molecule has 0 spiro atoms. The Kier molecular flexibility index (Phi) is 7.57. The summed E-state index contributed by atoms with van der Waals surface area (Å²) in [5.41, 5.74) is 2.39. The van der Waals surface area contributed by atoms with E-state index in [4.69, 9.17) is 28.6 Å². The van der Waals surface area contributed by atoms with Crippen molar-refractivity contribution in [1.29, 1.82) is 5.41 Å². The summed E-state index contributed by atoms with van der Waals surface area (Å²) in [6.45, 7) is 3.64. The molecule has 1 saturated heterocycles. The van der Waals surface area contributed by atoms with Crippen LogP contribution in [-0.4, -0.2) is 30.4 Å². The Morgan fingerprint density at radius 2 is 1.74 bits per heavy atom. The third-order valence-electron chi connectivity index (χ3n) is 5.19. The number of halogens is 2. The quantitative estimate of drug-likeness (QED) is 0.479. The van der Waals surface area contributed by atoms with Crippen molar-refractivity contribution in [2.45, 2.75) is 32.2 Å². The van der Waals surface area contributed by atoms with Gasteiger partial charge in [-0.15, -0.1) is 0 Å². The number of benzene rings is 2. The number of hydrogen-bond acceptors (Lipinski definition) is 2. The second kappa shape index (κ2) is 10.1. The molecule has 0 radical (unpaired) electrons. The van der Waals surface area contributed by atoms with Gasteiger partial charge in [-0.1, -0.05) is 59.6 Å². The average Bonchev–Trinajstić information content (AvgIpc) is 2.69. The second-order valence-electron chi connectivity index (χ2n) is 7.25. The van der Waals surface area contributed by atoms with Gasteiger partial charge in [-0.25, -0.2) is 0 Å². The van der Waals surface area contributed by atoms with Crippen LogP contribution in [0.5, 0.6) is 0 Å². The fraction of sp³-hybridized carbons (Fsp3) is 0.409. The lowest BCUT2D eigenvalue weighted by atomic mass is 9.93. The zero-order valence-corrected chi connectivity index (χ0v) is 17.1. The molecule has 2 aromatic carbocycles. The lowest BCUT2D eigenvalue weighted by Gasteiger charge is -2.30. The third kappa shape index (κ3) is 6.24. The van der Waals surface area contributed by atoms with Crippen molar-refractivity contribution in [1.82, 2.24) is 10.2 Å². The molecule has 2 N–H and O–H groups in total. The van der Waals surface area contributed by atoms with Crippen LogP contribution in [0.3, 0.4) is 0 Å². The molecule has 0 bridgehead atoms. The van der Waals surface area contributed by atoms with Gasteiger partial charge in [-0.3, -0.25) is 5.41 Å². The van der Waals surface area contributed by atoms with Crippen molar-refractivity contribution in [2.75, 3.05) is 19.6 Å². The molecule has 0 aliphatic carbocycles. The summed E-state index contributed by atoms with van der Waals surface area (Å²) < 4.78 is 0. The number of nitrogens with zero attached hydrogens (tertiary/aromatic N) is 1. The van der Waals surface area contributed by atoms with Crippen LogP contribution in [0.1, 0.15) is 30.4 Å². The Morgan fingerprint density at radius 1 is 1.00 bits per heavy atom. The van der Waals surface area contributed by atoms with E-state index in [0.29, 0.717) is 22.5 Å². The van der Waals surface area contributed by atoms with Gasteiger partial charge in [0.15, 0.2) is 0 Å². The van der Waals surface area contributed by atoms with Crippen LogP contribution in [0.15, 0.2) is 48.5 Å². The van der Waals surface area contributed by atoms with E-state index in [1.165, 1.54) is 5.56 Å². The van der Waals surface area contributed by atoms with Crippen molar-refractivity contribution in [2.24, 2.45) is 5.92 Å². The molecular formula is C22H27Cl2N3. The molecule has 1 aliphatic heterocycles. The minimum absolute atomic E-state index is 0.570. The summed E-state index contributed by atoms with van der Waals surface area (Å²) >= 11 is 12.3. The Morgan fingerprint density at radius 3 is 2.44 bits per heavy atom. The normalized spacial score (nSPS) is 14.9. The molecule has 3 nitrogen and oxygen atoms in total. The average molecular weight is 404 g/mol. The van der Waals surface area contributed by atoms with Crippen LogP contribution in [0.4, 0.5) is 0 Å². The molecule has 0 aromatic heterocycles. The van der Waals surface area contributed by atoms with Crippen LogP contribution >= 0.6 is 23.2 Å². The molecule has 0 saturated carbocycles. The molecule has 1 fully saturated rings.